The minimum atomic E-state index is -0.576. The molecule has 1 aromatic rings. The number of thioether (sulfide) groups is 1. The number of carbonyl (C=O) groups is 1. The number of rotatable bonds is 6. The lowest BCUT2D eigenvalue weighted by atomic mass is 10.4. The Bertz CT molecular complexity index is 342. The van der Waals surface area contributed by atoms with Gasteiger partial charge in [0.25, 0.3) is 0 Å². The number of aryl methyl sites for hydroxylation is 1. The van der Waals surface area contributed by atoms with Crippen LogP contribution in [0, 0.1) is 0 Å². The largest absolute Gasteiger partial charge is 0.468 e. The minimum absolute atomic E-state index is 0.385. The molecular weight excluding hydrogens is 228 g/mol. The molecule has 0 saturated heterocycles. The number of methoxy groups -OCH3 is 1. The monoisotopic (exact) mass is 244 g/mol. The molecule has 0 spiro atoms. The van der Waals surface area contributed by atoms with Crippen molar-refractivity contribution in [3.63, 3.8) is 0 Å². The van der Waals surface area contributed by atoms with E-state index in [1.54, 1.807) is 11.8 Å². The van der Waals surface area contributed by atoms with Crippen molar-refractivity contribution in [3.05, 3.63) is 12.2 Å². The number of aromatic nitrogens is 3. The zero-order chi connectivity index (χ0) is 12.0. The van der Waals surface area contributed by atoms with Crippen LogP contribution in [0.3, 0.4) is 0 Å². The Kier molecular flexibility index (Phi) is 5.27. The lowest BCUT2D eigenvalue weighted by molar-refractivity contribution is -0.141. The molecule has 1 rings (SSSR count). The lowest BCUT2D eigenvalue weighted by Crippen LogP contribution is -2.33. The van der Waals surface area contributed by atoms with Crippen molar-refractivity contribution in [1.82, 2.24) is 14.8 Å². The molecule has 1 aromatic heterocycles. The van der Waals surface area contributed by atoms with E-state index in [1.807, 2.05) is 11.6 Å². The number of nitrogens with zero attached hydrogens (tertiary/aromatic N) is 3. The van der Waals surface area contributed by atoms with Crippen molar-refractivity contribution in [2.45, 2.75) is 25.3 Å². The second kappa shape index (κ2) is 6.49. The van der Waals surface area contributed by atoms with Crippen molar-refractivity contribution in [2.24, 2.45) is 5.73 Å². The van der Waals surface area contributed by atoms with Gasteiger partial charge in [0.2, 0.25) is 0 Å². The molecule has 1 atom stereocenters. The summed E-state index contributed by atoms with van der Waals surface area (Å²) in [5.41, 5.74) is 5.60. The molecule has 1 unspecified atom stereocenters. The topological polar surface area (TPSA) is 83.0 Å². The average molecular weight is 244 g/mol. The molecule has 0 bridgehead atoms. The first-order chi connectivity index (χ1) is 7.69. The van der Waals surface area contributed by atoms with E-state index in [-0.39, 0.29) is 5.97 Å². The van der Waals surface area contributed by atoms with E-state index >= 15 is 0 Å². The third-order valence-electron chi connectivity index (χ3n) is 2.03. The van der Waals surface area contributed by atoms with E-state index < -0.39 is 6.04 Å². The van der Waals surface area contributed by atoms with Gasteiger partial charge in [-0.15, -0.1) is 0 Å². The number of carbonyl (C=O) groups excluding carboxylic acids is 1. The third kappa shape index (κ3) is 3.49. The van der Waals surface area contributed by atoms with Gasteiger partial charge in [-0.05, 0) is 6.92 Å². The maximum atomic E-state index is 11.0. The Hall–Kier alpha value is -1.08. The van der Waals surface area contributed by atoms with E-state index in [4.69, 9.17) is 5.73 Å². The van der Waals surface area contributed by atoms with E-state index in [9.17, 15) is 4.79 Å². The first-order valence-electron chi connectivity index (χ1n) is 4.96. The summed E-state index contributed by atoms with van der Waals surface area (Å²) in [6.07, 6.45) is 1.53. The Morgan fingerprint density at radius 3 is 3.12 bits per heavy atom. The molecule has 6 nitrogen and oxygen atoms in total. The van der Waals surface area contributed by atoms with Gasteiger partial charge in [-0.2, -0.15) is 16.9 Å². The fourth-order valence-electron chi connectivity index (χ4n) is 1.16. The Labute approximate surface area is 98.6 Å². The second-order valence-electron chi connectivity index (χ2n) is 3.14. The lowest BCUT2D eigenvalue weighted by Gasteiger charge is -2.08. The molecule has 0 amide bonds. The maximum Gasteiger partial charge on any atom is 0.323 e. The van der Waals surface area contributed by atoms with Crippen LogP contribution in [-0.2, 0) is 21.8 Å². The summed E-state index contributed by atoms with van der Waals surface area (Å²) in [6, 6.07) is -0.576. The van der Waals surface area contributed by atoms with Crippen LogP contribution < -0.4 is 5.73 Å². The minimum Gasteiger partial charge on any atom is -0.468 e. The van der Waals surface area contributed by atoms with E-state index in [0.717, 1.165) is 12.4 Å². The molecule has 2 N–H and O–H groups in total. The first-order valence-corrected chi connectivity index (χ1v) is 6.12. The van der Waals surface area contributed by atoms with Gasteiger partial charge in [0, 0.05) is 12.3 Å². The van der Waals surface area contributed by atoms with Gasteiger partial charge >= 0.3 is 5.97 Å². The molecule has 7 heteroatoms. The van der Waals surface area contributed by atoms with Gasteiger partial charge in [0.15, 0.2) is 0 Å². The van der Waals surface area contributed by atoms with Crippen LogP contribution in [0.2, 0.25) is 0 Å². The van der Waals surface area contributed by atoms with Crippen LogP contribution in [0.5, 0.6) is 0 Å². The fourth-order valence-corrected chi connectivity index (χ4v) is 2.07. The van der Waals surface area contributed by atoms with E-state index in [0.29, 0.717) is 11.5 Å². The predicted molar refractivity (Wildman–Crippen MR) is 61.8 cm³/mol. The molecule has 90 valence electrons. The van der Waals surface area contributed by atoms with Crippen LogP contribution in [0.4, 0.5) is 0 Å². The summed E-state index contributed by atoms with van der Waals surface area (Å²) in [5, 5.41) is 4.05. The highest BCUT2D eigenvalue weighted by molar-refractivity contribution is 7.98. The molecule has 0 saturated carbocycles. The van der Waals surface area contributed by atoms with Crippen molar-refractivity contribution >= 4 is 17.7 Å². The zero-order valence-electron chi connectivity index (χ0n) is 9.42. The zero-order valence-corrected chi connectivity index (χ0v) is 10.2. The highest BCUT2D eigenvalue weighted by Gasteiger charge is 2.13. The van der Waals surface area contributed by atoms with Crippen LogP contribution in [0.15, 0.2) is 6.33 Å². The van der Waals surface area contributed by atoms with Gasteiger partial charge in [-0.1, -0.05) is 0 Å². The molecule has 0 aliphatic heterocycles. The fraction of sp³-hybridized carbons (Fsp3) is 0.667. The summed E-state index contributed by atoms with van der Waals surface area (Å²) >= 11 is 1.54. The quantitative estimate of drug-likeness (QED) is 0.711. The molecule has 0 aliphatic carbocycles. The first kappa shape index (κ1) is 13.0. The van der Waals surface area contributed by atoms with Crippen LogP contribution in [-0.4, -0.2) is 39.6 Å². The van der Waals surface area contributed by atoms with E-state index in [2.05, 4.69) is 14.8 Å². The smallest absolute Gasteiger partial charge is 0.323 e. The van der Waals surface area contributed by atoms with Crippen LogP contribution in [0.25, 0.3) is 0 Å². The third-order valence-corrected chi connectivity index (χ3v) is 3.08. The SMILES string of the molecule is CCn1ncnc1CSCC(N)C(=O)OC. The maximum absolute atomic E-state index is 11.0. The standard InChI is InChI=1S/C9H16N4O2S/c1-3-13-8(11-6-12-13)5-16-4-7(10)9(14)15-2/h6-7H,3-5,10H2,1-2H3. The van der Waals surface area contributed by atoms with Gasteiger partial charge in [-0.3, -0.25) is 4.79 Å². The van der Waals surface area contributed by atoms with Crippen molar-refractivity contribution in [1.29, 1.82) is 0 Å². The van der Waals surface area contributed by atoms with Crippen LogP contribution >= 0.6 is 11.8 Å². The highest BCUT2D eigenvalue weighted by Crippen LogP contribution is 2.10. The second-order valence-corrected chi connectivity index (χ2v) is 4.17. The van der Waals surface area contributed by atoms with Crippen molar-refractivity contribution in [2.75, 3.05) is 12.9 Å². The molecule has 0 aromatic carbocycles. The van der Waals surface area contributed by atoms with Gasteiger partial charge in [0.05, 0.1) is 12.9 Å². The summed E-state index contributed by atoms with van der Waals surface area (Å²) in [5.74, 6) is 1.72. The highest BCUT2D eigenvalue weighted by atomic mass is 32.2. The number of hydrogen-bond acceptors (Lipinski definition) is 6. The Morgan fingerprint density at radius 1 is 1.75 bits per heavy atom. The Balaban J connectivity index is 2.33. The van der Waals surface area contributed by atoms with Crippen molar-refractivity contribution in [3.8, 4) is 0 Å². The number of ether oxygens (including phenoxy) is 1. The molecule has 16 heavy (non-hydrogen) atoms. The molecule has 0 fully saturated rings. The normalized spacial score (nSPS) is 12.4. The average Bonchev–Trinajstić information content (AvgIpc) is 2.75. The number of esters is 1. The predicted octanol–water partition coefficient (Wildman–Crippen LogP) is 0.0315. The van der Waals surface area contributed by atoms with Crippen LogP contribution in [0.1, 0.15) is 12.7 Å². The summed E-state index contributed by atoms with van der Waals surface area (Å²) in [6.45, 7) is 2.79. The van der Waals surface area contributed by atoms with Crippen molar-refractivity contribution < 1.29 is 9.53 Å². The molecule has 1 heterocycles. The van der Waals surface area contributed by atoms with Gasteiger partial charge in [0.1, 0.15) is 18.2 Å². The molecular formula is C9H16N4O2S. The Morgan fingerprint density at radius 2 is 2.50 bits per heavy atom. The van der Waals surface area contributed by atoms with Gasteiger partial charge < -0.3 is 10.5 Å². The van der Waals surface area contributed by atoms with Gasteiger partial charge in [-0.25, -0.2) is 9.67 Å². The number of hydrogen-bond donors (Lipinski definition) is 1. The summed E-state index contributed by atoms with van der Waals surface area (Å²) < 4.78 is 6.35. The molecule has 0 aliphatic rings. The molecule has 0 radical (unpaired) electrons. The summed E-state index contributed by atoms with van der Waals surface area (Å²) in [7, 11) is 1.33. The summed E-state index contributed by atoms with van der Waals surface area (Å²) in [4.78, 5) is 15.2. The number of nitrogens with two attached hydrogens (primary N) is 1. The van der Waals surface area contributed by atoms with E-state index in [1.165, 1.54) is 13.4 Å².